The van der Waals surface area contributed by atoms with E-state index in [2.05, 4.69) is 30.0 Å². The molecule has 1 aromatic heterocycles. The molecule has 2 heterocycles. The average molecular weight is 396 g/mol. The average Bonchev–Trinajstić information content (AvgIpc) is 3.15. The van der Waals surface area contributed by atoms with Crippen molar-refractivity contribution in [2.24, 2.45) is 0 Å². The number of nitrogens with zero attached hydrogens (tertiary/aromatic N) is 3. The summed E-state index contributed by atoms with van der Waals surface area (Å²) in [6.45, 7) is 6.28. The van der Waals surface area contributed by atoms with E-state index in [1.807, 2.05) is 35.2 Å². The molecule has 0 aliphatic carbocycles. The summed E-state index contributed by atoms with van der Waals surface area (Å²) in [6.07, 6.45) is 1.00. The molecule has 0 unspecified atom stereocenters. The molecule has 0 saturated carbocycles. The second-order valence-corrected chi connectivity index (χ2v) is 8.13. The van der Waals surface area contributed by atoms with Crippen LogP contribution in [0.5, 0.6) is 5.75 Å². The van der Waals surface area contributed by atoms with Crippen LogP contribution in [0.1, 0.15) is 17.5 Å². The molecular formula is C22H25N3O2S. The van der Waals surface area contributed by atoms with Crippen LogP contribution in [0.3, 0.4) is 0 Å². The summed E-state index contributed by atoms with van der Waals surface area (Å²) in [5.41, 5.74) is 2.34. The first-order valence-electron chi connectivity index (χ1n) is 9.77. The number of fused-ring (bicyclic) bond motifs is 1. The fraction of sp³-hybridized carbons (Fsp3) is 0.364. The first kappa shape index (κ1) is 18.9. The lowest BCUT2D eigenvalue weighted by molar-refractivity contribution is -0.135. The maximum Gasteiger partial charge on any atom is 0.260 e. The molecule has 0 bridgehead atoms. The van der Waals surface area contributed by atoms with E-state index >= 15 is 0 Å². The van der Waals surface area contributed by atoms with E-state index in [-0.39, 0.29) is 12.5 Å². The monoisotopic (exact) mass is 395 g/mol. The largest absolute Gasteiger partial charge is 0.484 e. The van der Waals surface area contributed by atoms with Gasteiger partial charge < -0.3 is 9.64 Å². The molecule has 0 spiro atoms. The minimum atomic E-state index is 0.0548. The number of hydrogen-bond donors (Lipinski definition) is 0. The number of aryl methyl sites for hydroxylation is 1. The fourth-order valence-electron chi connectivity index (χ4n) is 3.39. The van der Waals surface area contributed by atoms with E-state index < -0.39 is 0 Å². The summed E-state index contributed by atoms with van der Waals surface area (Å²) in [7, 11) is 0. The van der Waals surface area contributed by atoms with Crippen molar-refractivity contribution in [3.63, 3.8) is 0 Å². The zero-order valence-corrected chi connectivity index (χ0v) is 17.0. The molecule has 0 radical (unpaired) electrons. The Morgan fingerprint density at radius 3 is 2.54 bits per heavy atom. The van der Waals surface area contributed by atoms with Crippen LogP contribution in [-0.4, -0.2) is 53.5 Å². The van der Waals surface area contributed by atoms with Crippen LogP contribution in [0.25, 0.3) is 10.2 Å². The van der Waals surface area contributed by atoms with E-state index in [0.29, 0.717) is 0 Å². The van der Waals surface area contributed by atoms with E-state index in [9.17, 15) is 4.79 Å². The van der Waals surface area contributed by atoms with E-state index in [1.165, 1.54) is 10.3 Å². The zero-order chi connectivity index (χ0) is 19.3. The second-order valence-electron chi connectivity index (χ2n) is 7.02. The lowest BCUT2D eigenvalue weighted by atomic mass is 10.2. The van der Waals surface area contributed by atoms with Gasteiger partial charge in [-0.1, -0.05) is 31.2 Å². The van der Waals surface area contributed by atoms with Crippen molar-refractivity contribution >= 4 is 27.5 Å². The van der Waals surface area contributed by atoms with Gasteiger partial charge in [-0.25, -0.2) is 4.98 Å². The number of rotatable bonds is 6. The third-order valence-electron chi connectivity index (χ3n) is 5.12. The van der Waals surface area contributed by atoms with Gasteiger partial charge in [-0.2, -0.15) is 0 Å². The molecule has 1 aliphatic heterocycles. The van der Waals surface area contributed by atoms with Gasteiger partial charge in [0, 0.05) is 26.2 Å². The summed E-state index contributed by atoms with van der Waals surface area (Å²) in [4.78, 5) is 21.4. The highest BCUT2D eigenvalue weighted by Gasteiger charge is 2.22. The normalized spacial score (nSPS) is 15.1. The van der Waals surface area contributed by atoms with Gasteiger partial charge in [0.2, 0.25) is 0 Å². The number of thiazole rings is 1. The van der Waals surface area contributed by atoms with Crippen LogP contribution in [0, 0.1) is 0 Å². The Hall–Kier alpha value is -2.44. The summed E-state index contributed by atoms with van der Waals surface area (Å²) >= 11 is 1.75. The zero-order valence-electron chi connectivity index (χ0n) is 16.1. The number of carbonyl (C=O) groups excluding carboxylic acids is 1. The molecule has 4 rings (SSSR count). The molecule has 3 aromatic rings. The van der Waals surface area contributed by atoms with Crippen molar-refractivity contribution in [1.82, 2.24) is 14.8 Å². The minimum Gasteiger partial charge on any atom is -0.484 e. The van der Waals surface area contributed by atoms with Crippen molar-refractivity contribution in [2.75, 3.05) is 32.8 Å². The van der Waals surface area contributed by atoms with E-state index in [0.717, 1.165) is 55.4 Å². The van der Waals surface area contributed by atoms with E-state index in [1.54, 1.807) is 11.3 Å². The summed E-state index contributed by atoms with van der Waals surface area (Å²) in [5.74, 6) is 0.805. The van der Waals surface area contributed by atoms with Gasteiger partial charge in [-0.3, -0.25) is 9.69 Å². The second kappa shape index (κ2) is 8.71. The maximum atomic E-state index is 12.4. The van der Waals surface area contributed by atoms with Gasteiger partial charge in [0.05, 0.1) is 16.8 Å². The third-order valence-corrected chi connectivity index (χ3v) is 6.14. The molecule has 1 fully saturated rings. The van der Waals surface area contributed by atoms with Crippen LogP contribution in [-0.2, 0) is 17.8 Å². The van der Waals surface area contributed by atoms with Crippen LogP contribution in [0.2, 0.25) is 0 Å². The lowest BCUT2D eigenvalue weighted by Gasteiger charge is -2.34. The summed E-state index contributed by atoms with van der Waals surface area (Å²) in [6, 6.07) is 16.2. The molecule has 1 amide bonds. The number of para-hydroxylation sites is 1. The summed E-state index contributed by atoms with van der Waals surface area (Å²) < 4.78 is 6.90. The van der Waals surface area contributed by atoms with Gasteiger partial charge in [0.15, 0.2) is 6.61 Å². The number of carbonyl (C=O) groups is 1. The first-order chi connectivity index (χ1) is 13.7. The first-order valence-corrected chi connectivity index (χ1v) is 10.6. The van der Waals surface area contributed by atoms with Crippen LogP contribution in [0.15, 0.2) is 48.5 Å². The minimum absolute atomic E-state index is 0.0548. The molecule has 1 saturated heterocycles. The predicted octanol–water partition coefficient (Wildman–Crippen LogP) is 3.58. The van der Waals surface area contributed by atoms with Crippen molar-refractivity contribution in [2.45, 2.75) is 19.9 Å². The van der Waals surface area contributed by atoms with Crippen molar-refractivity contribution in [3.05, 3.63) is 59.1 Å². The molecule has 5 nitrogen and oxygen atoms in total. The van der Waals surface area contributed by atoms with Crippen LogP contribution in [0.4, 0.5) is 0 Å². The van der Waals surface area contributed by atoms with Gasteiger partial charge in [-0.15, -0.1) is 11.3 Å². The summed E-state index contributed by atoms with van der Waals surface area (Å²) in [5, 5.41) is 1.14. The fourth-order valence-corrected chi connectivity index (χ4v) is 4.40. The van der Waals surface area contributed by atoms with Gasteiger partial charge >= 0.3 is 0 Å². The Labute approximate surface area is 169 Å². The number of amides is 1. The standard InChI is InChI=1S/C22H25N3O2S/c1-2-17-7-9-18(10-8-17)27-16-22(26)25-13-11-24(12-14-25)15-21-23-19-5-3-4-6-20(19)28-21/h3-10H,2,11-16H2,1H3. The Morgan fingerprint density at radius 2 is 1.82 bits per heavy atom. The number of hydrogen-bond acceptors (Lipinski definition) is 5. The molecule has 0 N–H and O–H groups in total. The van der Waals surface area contributed by atoms with Crippen LogP contribution >= 0.6 is 11.3 Å². The number of piperazine rings is 1. The quantitative estimate of drug-likeness (QED) is 0.640. The smallest absolute Gasteiger partial charge is 0.260 e. The highest BCUT2D eigenvalue weighted by Crippen LogP contribution is 2.23. The van der Waals surface area contributed by atoms with Gasteiger partial charge in [0.1, 0.15) is 10.8 Å². The number of aromatic nitrogens is 1. The van der Waals surface area contributed by atoms with Crippen molar-refractivity contribution in [3.8, 4) is 5.75 Å². The predicted molar refractivity (Wildman–Crippen MR) is 113 cm³/mol. The van der Waals surface area contributed by atoms with Gasteiger partial charge in [0.25, 0.3) is 5.91 Å². The molecule has 0 atom stereocenters. The molecule has 1 aliphatic rings. The highest BCUT2D eigenvalue weighted by molar-refractivity contribution is 7.18. The van der Waals surface area contributed by atoms with Gasteiger partial charge in [-0.05, 0) is 36.2 Å². The maximum absolute atomic E-state index is 12.4. The Balaban J connectivity index is 1.24. The number of benzene rings is 2. The third kappa shape index (κ3) is 4.51. The molecule has 6 heteroatoms. The molecule has 146 valence electrons. The Kier molecular flexibility index (Phi) is 5.88. The highest BCUT2D eigenvalue weighted by atomic mass is 32.1. The van der Waals surface area contributed by atoms with Crippen LogP contribution < -0.4 is 4.74 Å². The SMILES string of the molecule is CCc1ccc(OCC(=O)N2CCN(Cc3nc4ccccc4s3)CC2)cc1. The van der Waals surface area contributed by atoms with Crippen molar-refractivity contribution in [1.29, 1.82) is 0 Å². The molecule has 28 heavy (non-hydrogen) atoms. The van der Waals surface area contributed by atoms with E-state index in [4.69, 9.17) is 9.72 Å². The molecule has 2 aromatic carbocycles. The Morgan fingerprint density at radius 1 is 1.07 bits per heavy atom. The lowest BCUT2D eigenvalue weighted by Crippen LogP contribution is -2.49. The van der Waals surface area contributed by atoms with Crippen molar-refractivity contribution < 1.29 is 9.53 Å². The topological polar surface area (TPSA) is 45.7 Å². The number of ether oxygens (including phenoxy) is 1. The molecular weight excluding hydrogens is 370 g/mol. The Bertz CT molecular complexity index is 897.